The Bertz CT molecular complexity index is 459. The molecule has 4 nitrogen and oxygen atoms in total. The molecule has 1 aromatic carbocycles. The summed E-state index contributed by atoms with van der Waals surface area (Å²) in [6.45, 7) is 3.67. The highest BCUT2D eigenvalue weighted by Gasteiger charge is 2.14. The summed E-state index contributed by atoms with van der Waals surface area (Å²) in [6.07, 6.45) is 2.73. The topological polar surface area (TPSA) is 64.3 Å². The maximum absolute atomic E-state index is 11.9. The highest BCUT2D eigenvalue weighted by atomic mass is 32.2. The summed E-state index contributed by atoms with van der Waals surface area (Å²) in [4.78, 5) is 11.9. The van der Waals surface area contributed by atoms with Crippen LogP contribution < -0.4 is 11.1 Å². The normalized spacial score (nSPS) is 16.1. The maximum Gasteiger partial charge on any atom is 0.225 e. The SMILES string of the molecule is Cc1ccc(N)cc1NC(=O)CCSC1CCOCC1. The fraction of sp³-hybridized carbons (Fsp3) is 0.533. The zero-order valence-corrected chi connectivity index (χ0v) is 12.7. The van der Waals surface area contributed by atoms with Crippen molar-refractivity contribution in [1.29, 1.82) is 0 Å². The number of rotatable bonds is 5. The number of nitrogens with two attached hydrogens (primary N) is 1. The summed E-state index contributed by atoms with van der Waals surface area (Å²) in [5, 5.41) is 3.58. The van der Waals surface area contributed by atoms with Crippen LogP contribution in [0.25, 0.3) is 0 Å². The second kappa shape index (κ2) is 7.55. The van der Waals surface area contributed by atoms with Gasteiger partial charge in [0.25, 0.3) is 0 Å². The molecule has 0 radical (unpaired) electrons. The van der Waals surface area contributed by atoms with E-state index in [0.29, 0.717) is 17.4 Å². The van der Waals surface area contributed by atoms with Crippen molar-refractivity contribution in [2.75, 3.05) is 30.0 Å². The molecule has 2 rings (SSSR count). The fourth-order valence-corrected chi connectivity index (χ4v) is 3.31. The van der Waals surface area contributed by atoms with Gasteiger partial charge in [0.1, 0.15) is 0 Å². The lowest BCUT2D eigenvalue weighted by molar-refractivity contribution is -0.115. The van der Waals surface area contributed by atoms with Crippen molar-refractivity contribution >= 4 is 29.0 Å². The Morgan fingerprint density at radius 1 is 1.45 bits per heavy atom. The summed E-state index contributed by atoms with van der Waals surface area (Å²) in [5.74, 6) is 0.913. The van der Waals surface area contributed by atoms with Crippen LogP contribution in [-0.2, 0) is 9.53 Å². The molecular formula is C15H22N2O2S. The molecule has 1 saturated heterocycles. The van der Waals surface area contributed by atoms with Gasteiger partial charge in [-0.2, -0.15) is 11.8 Å². The number of anilines is 2. The van der Waals surface area contributed by atoms with Crippen molar-refractivity contribution in [2.45, 2.75) is 31.4 Å². The van der Waals surface area contributed by atoms with Gasteiger partial charge in [0.05, 0.1) is 0 Å². The number of amides is 1. The lowest BCUT2D eigenvalue weighted by Gasteiger charge is -2.21. The Morgan fingerprint density at radius 3 is 2.95 bits per heavy atom. The van der Waals surface area contributed by atoms with Gasteiger partial charge in [-0.25, -0.2) is 0 Å². The summed E-state index contributed by atoms with van der Waals surface area (Å²) >= 11 is 1.88. The number of carbonyl (C=O) groups is 1. The van der Waals surface area contributed by atoms with E-state index in [-0.39, 0.29) is 5.91 Å². The van der Waals surface area contributed by atoms with Crippen molar-refractivity contribution in [2.24, 2.45) is 0 Å². The lowest BCUT2D eigenvalue weighted by Crippen LogP contribution is -2.19. The van der Waals surface area contributed by atoms with Crippen molar-refractivity contribution in [3.05, 3.63) is 23.8 Å². The molecule has 0 spiro atoms. The number of carbonyl (C=O) groups excluding carboxylic acids is 1. The van der Waals surface area contributed by atoms with Crippen LogP contribution in [0.5, 0.6) is 0 Å². The number of hydrogen-bond acceptors (Lipinski definition) is 4. The van der Waals surface area contributed by atoms with E-state index in [0.717, 1.165) is 43.1 Å². The number of nitrogen functional groups attached to an aromatic ring is 1. The molecular weight excluding hydrogens is 272 g/mol. The molecule has 0 saturated carbocycles. The van der Waals surface area contributed by atoms with E-state index in [1.54, 1.807) is 6.07 Å². The minimum atomic E-state index is 0.0539. The standard InChI is InChI=1S/C15H22N2O2S/c1-11-2-3-12(16)10-14(11)17-15(18)6-9-20-13-4-7-19-8-5-13/h2-3,10,13H,4-9,16H2,1H3,(H,17,18). The van der Waals surface area contributed by atoms with Crippen LogP contribution >= 0.6 is 11.8 Å². The van der Waals surface area contributed by atoms with Gasteiger partial charge in [-0.15, -0.1) is 0 Å². The van der Waals surface area contributed by atoms with Gasteiger partial charge in [0.2, 0.25) is 5.91 Å². The third kappa shape index (κ3) is 4.72. The number of ether oxygens (including phenoxy) is 1. The number of benzene rings is 1. The number of aryl methyl sites for hydroxylation is 1. The Labute approximate surface area is 124 Å². The molecule has 0 unspecified atom stereocenters. The van der Waals surface area contributed by atoms with Gasteiger partial charge in [-0.3, -0.25) is 4.79 Å². The van der Waals surface area contributed by atoms with Crippen molar-refractivity contribution in [1.82, 2.24) is 0 Å². The van der Waals surface area contributed by atoms with E-state index < -0.39 is 0 Å². The Morgan fingerprint density at radius 2 is 2.20 bits per heavy atom. The molecule has 110 valence electrons. The van der Waals surface area contributed by atoms with Crippen LogP contribution in [-0.4, -0.2) is 30.1 Å². The van der Waals surface area contributed by atoms with Gasteiger partial charge in [0.15, 0.2) is 0 Å². The minimum absolute atomic E-state index is 0.0539. The zero-order chi connectivity index (χ0) is 14.4. The molecule has 1 aliphatic rings. The maximum atomic E-state index is 11.9. The van der Waals surface area contributed by atoms with E-state index in [1.165, 1.54) is 0 Å². The monoisotopic (exact) mass is 294 g/mol. The van der Waals surface area contributed by atoms with E-state index in [4.69, 9.17) is 10.5 Å². The van der Waals surface area contributed by atoms with E-state index >= 15 is 0 Å². The highest BCUT2D eigenvalue weighted by Crippen LogP contribution is 2.23. The molecule has 1 amide bonds. The molecule has 0 bridgehead atoms. The van der Waals surface area contributed by atoms with E-state index in [2.05, 4.69) is 5.32 Å². The second-order valence-corrected chi connectivity index (χ2v) is 6.46. The first-order valence-electron chi connectivity index (χ1n) is 7.00. The summed E-state index contributed by atoms with van der Waals surface area (Å²) in [5.41, 5.74) is 8.25. The van der Waals surface area contributed by atoms with Crippen molar-refractivity contribution in [3.8, 4) is 0 Å². The minimum Gasteiger partial charge on any atom is -0.399 e. The van der Waals surface area contributed by atoms with Crippen LogP contribution in [0.15, 0.2) is 18.2 Å². The molecule has 5 heteroatoms. The molecule has 0 aliphatic carbocycles. The molecule has 20 heavy (non-hydrogen) atoms. The van der Waals surface area contributed by atoms with Crippen molar-refractivity contribution in [3.63, 3.8) is 0 Å². The number of thioether (sulfide) groups is 1. The largest absolute Gasteiger partial charge is 0.399 e. The molecule has 1 aliphatic heterocycles. The smallest absolute Gasteiger partial charge is 0.225 e. The van der Waals surface area contributed by atoms with Crippen molar-refractivity contribution < 1.29 is 9.53 Å². The average molecular weight is 294 g/mol. The van der Waals surface area contributed by atoms with Crippen LogP contribution in [0.2, 0.25) is 0 Å². The van der Waals surface area contributed by atoms with Crippen LogP contribution in [0.3, 0.4) is 0 Å². The Balaban J connectivity index is 1.73. The fourth-order valence-electron chi connectivity index (χ4n) is 2.15. The highest BCUT2D eigenvalue weighted by molar-refractivity contribution is 7.99. The van der Waals surface area contributed by atoms with Crippen LogP contribution in [0.4, 0.5) is 11.4 Å². The van der Waals surface area contributed by atoms with Crippen LogP contribution in [0.1, 0.15) is 24.8 Å². The Kier molecular flexibility index (Phi) is 5.73. The third-order valence-electron chi connectivity index (χ3n) is 3.39. The summed E-state index contributed by atoms with van der Waals surface area (Å²) < 4.78 is 5.33. The summed E-state index contributed by atoms with van der Waals surface area (Å²) in [6, 6.07) is 5.56. The predicted octanol–water partition coefficient (Wildman–Crippen LogP) is 2.82. The average Bonchev–Trinajstić information content (AvgIpc) is 2.44. The number of hydrogen-bond donors (Lipinski definition) is 2. The zero-order valence-electron chi connectivity index (χ0n) is 11.9. The first-order chi connectivity index (χ1) is 9.65. The number of nitrogens with one attached hydrogen (secondary N) is 1. The predicted molar refractivity (Wildman–Crippen MR) is 85.1 cm³/mol. The molecule has 1 fully saturated rings. The first-order valence-corrected chi connectivity index (χ1v) is 8.05. The lowest BCUT2D eigenvalue weighted by atomic mass is 10.2. The molecule has 1 aromatic rings. The van der Waals surface area contributed by atoms with E-state index in [9.17, 15) is 4.79 Å². The van der Waals surface area contributed by atoms with Gasteiger partial charge in [-0.1, -0.05) is 6.07 Å². The third-order valence-corrected chi connectivity index (χ3v) is 4.77. The second-order valence-electron chi connectivity index (χ2n) is 5.06. The molecule has 0 atom stereocenters. The first kappa shape index (κ1) is 15.2. The van der Waals surface area contributed by atoms with Gasteiger partial charge in [-0.05, 0) is 37.5 Å². The summed E-state index contributed by atoms with van der Waals surface area (Å²) in [7, 11) is 0. The van der Waals surface area contributed by atoms with E-state index in [1.807, 2.05) is 30.8 Å². The molecule has 3 N–H and O–H groups in total. The van der Waals surface area contributed by atoms with Gasteiger partial charge in [0, 0.05) is 42.0 Å². The molecule has 0 aromatic heterocycles. The molecule has 1 heterocycles. The quantitative estimate of drug-likeness (QED) is 0.820. The van der Waals surface area contributed by atoms with Crippen LogP contribution in [0, 0.1) is 6.92 Å². The van der Waals surface area contributed by atoms with Gasteiger partial charge >= 0.3 is 0 Å². The van der Waals surface area contributed by atoms with Gasteiger partial charge < -0.3 is 15.8 Å². The Hall–Kier alpha value is -1.20.